The normalized spacial score (nSPS) is 10.5. The van der Waals surface area contributed by atoms with Crippen molar-refractivity contribution in [1.82, 2.24) is 14.8 Å². The molecular weight excluding hydrogens is 270 g/mol. The van der Waals surface area contributed by atoms with Gasteiger partial charge < -0.3 is 14.4 Å². The molecule has 1 aromatic carbocycles. The summed E-state index contributed by atoms with van der Waals surface area (Å²) in [5, 5.41) is 17.1. The van der Waals surface area contributed by atoms with E-state index in [1.807, 2.05) is 14.0 Å². The summed E-state index contributed by atoms with van der Waals surface area (Å²) in [5.41, 5.74) is -0.0527. The first-order valence-corrected chi connectivity index (χ1v) is 5.88. The van der Waals surface area contributed by atoms with Crippen LogP contribution in [-0.4, -0.2) is 25.8 Å². The Kier molecular flexibility index (Phi) is 3.71. The van der Waals surface area contributed by atoms with Crippen molar-refractivity contribution in [2.24, 2.45) is 7.05 Å². The number of nitrogens with zero attached hydrogens (tertiary/aromatic N) is 3. The van der Waals surface area contributed by atoms with E-state index in [0.29, 0.717) is 5.82 Å². The Morgan fingerprint density at radius 1 is 1.47 bits per heavy atom. The van der Waals surface area contributed by atoms with Gasteiger partial charge in [0.1, 0.15) is 23.7 Å². The average Bonchev–Trinajstić information content (AvgIpc) is 2.67. The Bertz CT molecular complexity index is 625. The Morgan fingerprint density at radius 2 is 2.21 bits per heavy atom. The third-order valence-electron chi connectivity index (χ3n) is 2.73. The van der Waals surface area contributed by atoms with Crippen LogP contribution in [0.15, 0.2) is 18.2 Å². The molecule has 7 heteroatoms. The monoisotopic (exact) mass is 281 g/mol. The number of carboxylic acid groups (broad SMARTS) is 1. The van der Waals surface area contributed by atoms with Gasteiger partial charge in [-0.05, 0) is 19.1 Å². The molecule has 19 heavy (non-hydrogen) atoms. The highest BCUT2D eigenvalue weighted by atomic mass is 35.5. The summed E-state index contributed by atoms with van der Waals surface area (Å²) in [4.78, 5) is 11.1. The molecule has 0 aliphatic carbocycles. The van der Waals surface area contributed by atoms with Gasteiger partial charge in [-0.2, -0.15) is 0 Å². The summed E-state index contributed by atoms with van der Waals surface area (Å²) >= 11 is 5.85. The van der Waals surface area contributed by atoms with E-state index in [-0.39, 0.29) is 22.9 Å². The predicted molar refractivity (Wildman–Crippen MR) is 68.5 cm³/mol. The topological polar surface area (TPSA) is 77.2 Å². The van der Waals surface area contributed by atoms with E-state index in [9.17, 15) is 4.79 Å². The molecule has 0 aliphatic rings. The quantitative estimate of drug-likeness (QED) is 0.928. The number of aromatic carboxylic acids is 1. The van der Waals surface area contributed by atoms with Crippen LogP contribution in [0.2, 0.25) is 5.02 Å². The molecule has 0 radical (unpaired) electrons. The summed E-state index contributed by atoms with van der Waals surface area (Å²) in [6.07, 6.45) is 0. The van der Waals surface area contributed by atoms with Gasteiger partial charge in [-0.1, -0.05) is 17.7 Å². The molecule has 0 unspecified atom stereocenters. The van der Waals surface area contributed by atoms with Gasteiger partial charge in [-0.15, -0.1) is 10.2 Å². The Morgan fingerprint density at radius 3 is 2.79 bits per heavy atom. The van der Waals surface area contributed by atoms with Gasteiger partial charge >= 0.3 is 5.97 Å². The number of carboxylic acids is 1. The van der Waals surface area contributed by atoms with Crippen LogP contribution in [0.1, 0.15) is 22.0 Å². The number of aromatic nitrogens is 3. The number of hydrogen-bond acceptors (Lipinski definition) is 4. The lowest BCUT2D eigenvalue weighted by Gasteiger charge is -2.09. The summed E-state index contributed by atoms with van der Waals surface area (Å²) in [5.74, 6) is 0.437. The molecule has 2 rings (SSSR count). The number of aryl methyl sites for hydroxylation is 1. The van der Waals surface area contributed by atoms with Gasteiger partial charge in [0.25, 0.3) is 0 Å². The Balaban J connectivity index is 2.23. The Hall–Kier alpha value is -2.08. The van der Waals surface area contributed by atoms with Gasteiger partial charge in [0.05, 0.1) is 5.02 Å². The van der Waals surface area contributed by atoms with Crippen molar-refractivity contribution < 1.29 is 14.6 Å². The van der Waals surface area contributed by atoms with Crippen molar-refractivity contribution in [3.05, 3.63) is 40.4 Å². The lowest BCUT2D eigenvalue weighted by molar-refractivity contribution is 0.0691. The standard InChI is InChI=1S/C12H12ClN3O3/c1-7-14-15-10(16(7)2)6-19-9-5-3-4-8(13)11(9)12(17)18/h3-5H,6H2,1-2H3,(H,17,18). The lowest BCUT2D eigenvalue weighted by Crippen LogP contribution is -2.07. The van der Waals surface area contributed by atoms with Crippen LogP contribution >= 0.6 is 11.6 Å². The van der Waals surface area contributed by atoms with Crippen LogP contribution in [0.4, 0.5) is 0 Å². The van der Waals surface area contributed by atoms with Crippen molar-refractivity contribution in [1.29, 1.82) is 0 Å². The van der Waals surface area contributed by atoms with Gasteiger partial charge in [0, 0.05) is 7.05 Å². The second-order valence-corrected chi connectivity index (χ2v) is 4.34. The maximum absolute atomic E-state index is 11.1. The number of ether oxygens (including phenoxy) is 1. The number of rotatable bonds is 4. The van der Waals surface area contributed by atoms with E-state index < -0.39 is 5.97 Å². The molecule has 0 fully saturated rings. The van der Waals surface area contributed by atoms with Crippen LogP contribution in [0.3, 0.4) is 0 Å². The van der Waals surface area contributed by atoms with Gasteiger partial charge in [-0.25, -0.2) is 4.79 Å². The zero-order chi connectivity index (χ0) is 14.0. The maximum atomic E-state index is 11.1. The van der Waals surface area contributed by atoms with Crippen LogP contribution in [0, 0.1) is 6.92 Å². The average molecular weight is 282 g/mol. The van der Waals surface area contributed by atoms with Crippen LogP contribution in [0.25, 0.3) is 0 Å². The largest absolute Gasteiger partial charge is 0.485 e. The zero-order valence-corrected chi connectivity index (χ0v) is 11.2. The molecule has 0 amide bonds. The second-order valence-electron chi connectivity index (χ2n) is 3.93. The molecule has 100 valence electrons. The van der Waals surface area contributed by atoms with E-state index >= 15 is 0 Å². The van der Waals surface area contributed by atoms with Crippen molar-refractivity contribution in [2.75, 3.05) is 0 Å². The van der Waals surface area contributed by atoms with Crippen molar-refractivity contribution in [3.63, 3.8) is 0 Å². The highest BCUT2D eigenvalue weighted by Crippen LogP contribution is 2.26. The molecule has 0 saturated carbocycles. The lowest BCUT2D eigenvalue weighted by atomic mass is 10.2. The minimum Gasteiger partial charge on any atom is -0.485 e. The summed E-state index contributed by atoms with van der Waals surface area (Å²) in [6.45, 7) is 1.94. The minimum absolute atomic E-state index is 0.0527. The summed E-state index contributed by atoms with van der Waals surface area (Å²) < 4.78 is 7.24. The number of benzene rings is 1. The van der Waals surface area contributed by atoms with Crippen LogP contribution in [0.5, 0.6) is 5.75 Å². The van der Waals surface area contributed by atoms with Crippen LogP contribution < -0.4 is 4.74 Å². The third-order valence-corrected chi connectivity index (χ3v) is 3.04. The third kappa shape index (κ3) is 2.68. The molecule has 2 aromatic rings. The van der Waals surface area contributed by atoms with E-state index in [1.165, 1.54) is 6.07 Å². The molecule has 6 nitrogen and oxygen atoms in total. The molecule has 0 spiro atoms. The first-order chi connectivity index (χ1) is 9.00. The van der Waals surface area contributed by atoms with E-state index in [4.69, 9.17) is 21.4 Å². The number of halogens is 1. The van der Waals surface area contributed by atoms with Crippen LogP contribution in [-0.2, 0) is 13.7 Å². The highest BCUT2D eigenvalue weighted by molar-refractivity contribution is 6.33. The molecule has 0 aliphatic heterocycles. The first kappa shape index (κ1) is 13.4. The molecule has 0 saturated heterocycles. The summed E-state index contributed by atoms with van der Waals surface area (Å²) in [6, 6.07) is 4.69. The molecular formula is C12H12ClN3O3. The van der Waals surface area contributed by atoms with Crippen molar-refractivity contribution in [2.45, 2.75) is 13.5 Å². The fourth-order valence-corrected chi connectivity index (χ4v) is 1.80. The smallest absolute Gasteiger partial charge is 0.341 e. The predicted octanol–water partition coefficient (Wildman–Crippen LogP) is 2.05. The van der Waals surface area contributed by atoms with Crippen molar-refractivity contribution >= 4 is 17.6 Å². The van der Waals surface area contributed by atoms with Gasteiger partial charge in [0.15, 0.2) is 5.82 Å². The van der Waals surface area contributed by atoms with E-state index in [0.717, 1.165) is 5.82 Å². The molecule has 1 N–H and O–H groups in total. The second kappa shape index (κ2) is 5.27. The van der Waals surface area contributed by atoms with Crippen molar-refractivity contribution in [3.8, 4) is 5.75 Å². The number of hydrogen-bond donors (Lipinski definition) is 1. The maximum Gasteiger partial charge on any atom is 0.341 e. The highest BCUT2D eigenvalue weighted by Gasteiger charge is 2.16. The molecule has 1 heterocycles. The Labute approximate surface area is 114 Å². The number of carbonyl (C=O) groups is 1. The SMILES string of the molecule is Cc1nnc(COc2cccc(Cl)c2C(=O)O)n1C. The molecule has 0 bridgehead atoms. The molecule has 1 aromatic heterocycles. The fraction of sp³-hybridized carbons (Fsp3) is 0.250. The van der Waals surface area contributed by atoms with E-state index in [1.54, 1.807) is 16.7 Å². The minimum atomic E-state index is -1.13. The summed E-state index contributed by atoms with van der Waals surface area (Å²) in [7, 11) is 1.81. The fourth-order valence-electron chi connectivity index (χ4n) is 1.55. The van der Waals surface area contributed by atoms with E-state index in [2.05, 4.69) is 10.2 Å². The first-order valence-electron chi connectivity index (χ1n) is 5.50. The van der Waals surface area contributed by atoms with Gasteiger partial charge in [-0.3, -0.25) is 0 Å². The zero-order valence-electron chi connectivity index (χ0n) is 10.4. The molecule has 0 atom stereocenters. The van der Waals surface area contributed by atoms with Gasteiger partial charge in [0.2, 0.25) is 0 Å².